The van der Waals surface area contributed by atoms with Crippen molar-refractivity contribution in [3.05, 3.63) is 12.2 Å². The average Bonchev–Trinajstić information content (AvgIpc) is 3.18. The van der Waals surface area contributed by atoms with E-state index in [2.05, 4.69) is 4.74 Å². The van der Waals surface area contributed by atoms with Crippen molar-refractivity contribution in [2.45, 2.75) is 108 Å². The molecule has 1 spiro atoms. The van der Waals surface area contributed by atoms with Crippen molar-refractivity contribution in [3.8, 4) is 0 Å². The number of esters is 4. The van der Waals surface area contributed by atoms with E-state index in [1.54, 1.807) is 12.2 Å². The Morgan fingerprint density at radius 3 is 2.25 bits per heavy atom. The fourth-order valence-electron chi connectivity index (χ4n) is 4.99. The van der Waals surface area contributed by atoms with Crippen LogP contribution in [0.3, 0.4) is 0 Å². The van der Waals surface area contributed by atoms with Gasteiger partial charge in [-0.1, -0.05) is 18.6 Å². The molecular weight excluding hydrogens is 476 g/mol. The second-order valence-electron chi connectivity index (χ2n) is 9.29. The molecule has 2 heterocycles. The molecule has 6 atom stereocenters. The van der Waals surface area contributed by atoms with E-state index in [0.29, 0.717) is 12.8 Å². The summed E-state index contributed by atoms with van der Waals surface area (Å²) in [7, 11) is 1.30. The molecule has 0 radical (unpaired) electrons. The van der Waals surface area contributed by atoms with Gasteiger partial charge in [0.2, 0.25) is 0 Å². The van der Waals surface area contributed by atoms with Gasteiger partial charge in [-0.25, -0.2) is 0 Å². The number of ether oxygens (including phenoxy) is 7. The molecule has 1 saturated carbocycles. The van der Waals surface area contributed by atoms with E-state index in [4.69, 9.17) is 28.4 Å². The Hall–Kier alpha value is -2.50. The van der Waals surface area contributed by atoms with Gasteiger partial charge in [0.15, 0.2) is 18.0 Å². The van der Waals surface area contributed by atoms with Crippen molar-refractivity contribution in [2.24, 2.45) is 0 Å². The number of hydrogen-bond acceptors (Lipinski definition) is 11. The third-order valence-electron chi connectivity index (χ3n) is 6.47. The minimum atomic E-state index is -0.971. The van der Waals surface area contributed by atoms with E-state index in [1.165, 1.54) is 27.9 Å². The monoisotopic (exact) mass is 512 g/mol. The number of rotatable bonds is 9. The largest absolute Gasteiger partial charge is 0.469 e. The zero-order chi connectivity index (χ0) is 26.3. The van der Waals surface area contributed by atoms with Gasteiger partial charge in [0.25, 0.3) is 0 Å². The Balaban J connectivity index is 1.91. The van der Waals surface area contributed by atoms with Crippen molar-refractivity contribution in [1.29, 1.82) is 0 Å². The lowest BCUT2D eigenvalue weighted by atomic mass is 9.90. The number of hydrogen-bond donors (Lipinski definition) is 0. The van der Waals surface area contributed by atoms with E-state index >= 15 is 0 Å². The van der Waals surface area contributed by atoms with Crippen molar-refractivity contribution in [3.63, 3.8) is 0 Å². The molecule has 0 bridgehead atoms. The van der Waals surface area contributed by atoms with Crippen LogP contribution in [0.2, 0.25) is 0 Å². The third kappa shape index (κ3) is 7.27. The van der Waals surface area contributed by atoms with Gasteiger partial charge in [0.05, 0.1) is 13.5 Å². The van der Waals surface area contributed by atoms with Gasteiger partial charge in [0, 0.05) is 33.6 Å². The predicted molar refractivity (Wildman–Crippen MR) is 122 cm³/mol. The first kappa shape index (κ1) is 28.1. The molecular formula is C25H36O11. The van der Waals surface area contributed by atoms with Gasteiger partial charge in [-0.05, 0) is 19.3 Å². The van der Waals surface area contributed by atoms with Crippen LogP contribution in [0.1, 0.15) is 65.7 Å². The predicted octanol–water partition coefficient (Wildman–Crippen LogP) is 2.13. The van der Waals surface area contributed by atoms with Crippen LogP contribution in [0, 0.1) is 0 Å². The number of methoxy groups -OCH3 is 1. The molecule has 0 N–H and O–H groups in total. The summed E-state index contributed by atoms with van der Waals surface area (Å²) in [5.41, 5.74) is 0. The highest BCUT2D eigenvalue weighted by molar-refractivity contribution is 5.70. The van der Waals surface area contributed by atoms with E-state index < -0.39 is 66.3 Å². The van der Waals surface area contributed by atoms with Crippen LogP contribution in [0.15, 0.2) is 12.2 Å². The van der Waals surface area contributed by atoms with E-state index in [-0.39, 0.29) is 19.4 Å². The topological polar surface area (TPSA) is 133 Å². The van der Waals surface area contributed by atoms with E-state index in [1.807, 2.05) is 0 Å². The van der Waals surface area contributed by atoms with Crippen molar-refractivity contribution >= 4 is 23.9 Å². The maximum absolute atomic E-state index is 12.0. The fraction of sp³-hybridized carbons (Fsp3) is 0.760. The smallest absolute Gasteiger partial charge is 0.309 e. The molecule has 0 aromatic rings. The molecule has 0 aromatic carbocycles. The molecule has 36 heavy (non-hydrogen) atoms. The number of fused-ring (bicyclic) bond motifs is 1. The second kappa shape index (κ2) is 12.6. The summed E-state index contributed by atoms with van der Waals surface area (Å²) in [6.07, 6.45) is 3.19. The van der Waals surface area contributed by atoms with Gasteiger partial charge in [-0.3, -0.25) is 19.2 Å². The minimum Gasteiger partial charge on any atom is -0.469 e. The van der Waals surface area contributed by atoms with Crippen molar-refractivity contribution < 1.29 is 52.3 Å². The Morgan fingerprint density at radius 2 is 1.64 bits per heavy atom. The summed E-state index contributed by atoms with van der Waals surface area (Å²) in [5.74, 6) is -2.87. The average molecular weight is 513 g/mol. The van der Waals surface area contributed by atoms with E-state index in [9.17, 15) is 19.2 Å². The molecule has 3 fully saturated rings. The molecule has 3 aliphatic rings. The SMILES string of the molecule is COC(=O)C/C=C/C[C@@H]1O[C@@H]([C@@H](COC(C)=O)OC(C)=O)C2OC3(CCCCC3)O[C@H]2[C@H]1OC(C)=O. The van der Waals surface area contributed by atoms with Gasteiger partial charge < -0.3 is 33.2 Å². The normalized spacial score (nSPS) is 29.8. The molecule has 1 unspecified atom stereocenters. The highest BCUT2D eigenvalue weighted by atomic mass is 16.8. The maximum Gasteiger partial charge on any atom is 0.309 e. The lowest BCUT2D eigenvalue weighted by Crippen LogP contribution is -2.61. The Labute approximate surface area is 210 Å². The Bertz CT molecular complexity index is 832. The first-order valence-electron chi connectivity index (χ1n) is 12.3. The summed E-state index contributed by atoms with van der Waals surface area (Å²) in [6.45, 7) is 3.58. The first-order chi connectivity index (χ1) is 17.1. The zero-order valence-corrected chi connectivity index (χ0v) is 21.3. The molecule has 3 rings (SSSR count). The molecule has 1 aliphatic carbocycles. The Morgan fingerprint density at radius 1 is 0.944 bits per heavy atom. The maximum atomic E-state index is 12.0. The van der Waals surface area contributed by atoms with Gasteiger partial charge in [-0.15, -0.1) is 0 Å². The first-order valence-corrected chi connectivity index (χ1v) is 12.3. The molecule has 2 saturated heterocycles. The molecule has 11 heteroatoms. The highest BCUT2D eigenvalue weighted by Gasteiger charge is 2.60. The van der Waals surface area contributed by atoms with Crippen LogP contribution in [0.5, 0.6) is 0 Å². The zero-order valence-electron chi connectivity index (χ0n) is 21.3. The minimum absolute atomic E-state index is 0.0716. The van der Waals surface area contributed by atoms with Crippen LogP contribution in [0.4, 0.5) is 0 Å². The third-order valence-corrected chi connectivity index (χ3v) is 6.47. The lowest BCUT2D eigenvalue weighted by Gasteiger charge is -2.43. The Kier molecular flexibility index (Phi) is 9.86. The highest BCUT2D eigenvalue weighted by Crippen LogP contribution is 2.46. The van der Waals surface area contributed by atoms with Crippen molar-refractivity contribution in [1.82, 2.24) is 0 Å². The van der Waals surface area contributed by atoms with Crippen molar-refractivity contribution in [2.75, 3.05) is 13.7 Å². The lowest BCUT2D eigenvalue weighted by molar-refractivity contribution is -0.232. The number of carbonyl (C=O) groups is 4. The van der Waals surface area contributed by atoms with Crippen LogP contribution in [-0.2, 0) is 52.3 Å². The molecule has 11 nitrogen and oxygen atoms in total. The second-order valence-corrected chi connectivity index (χ2v) is 9.29. The standard InChI is InChI=1S/C25H36O11/c1-15(26)31-14-19(32-16(2)27)22-24-23(35-25(36-24)12-8-5-9-13-25)21(33-17(3)28)18(34-22)10-6-7-11-20(29)30-4/h6-7,18-19,21-24H,5,8-14H2,1-4H3/b7-6+/t18-,19+,21-,22-,23-,24?/m0/s1. The molecule has 2 aliphatic heterocycles. The van der Waals surface area contributed by atoms with Gasteiger partial charge in [0.1, 0.15) is 31.0 Å². The van der Waals surface area contributed by atoms with Crippen LogP contribution >= 0.6 is 0 Å². The molecule has 0 aromatic heterocycles. The fourth-order valence-corrected chi connectivity index (χ4v) is 4.99. The summed E-state index contributed by atoms with van der Waals surface area (Å²) < 4.78 is 40.3. The van der Waals surface area contributed by atoms with E-state index in [0.717, 1.165) is 19.3 Å². The van der Waals surface area contributed by atoms with Crippen LogP contribution < -0.4 is 0 Å². The summed E-state index contributed by atoms with van der Waals surface area (Å²) in [4.78, 5) is 46.9. The quantitative estimate of drug-likeness (QED) is 0.256. The van der Waals surface area contributed by atoms with Crippen LogP contribution in [-0.4, -0.2) is 80.0 Å². The summed E-state index contributed by atoms with van der Waals surface area (Å²) in [5, 5.41) is 0. The van der Waals surface area contributed by atoms with Gasteiger partial charge in [-0.2, -0.15) is 0 Å². The van der Waals surface area contributed by atoms with Crippen LogP contribution in [0.25, 0.3) is 0 Å². The summed E-state index contributed by atoms with van der Waals surface area (Å²) >= 11 is 0. The molecule has 0 amide bonds. The van der Waals surface area contributed by atoms with Gasteiger partial charge >= 0.3 is 23.9 Å². The summed E-state index contributed by atoms with van der Waals surface area (Å²) in [6, 6.07) is 0. The number of carbonyl (C=O) groups excluding carboxylic acids is 4. The molecule has 202 valence electrons.